The molecular formula is C6H6FO3-. The van der Waals surface area contributed by atoms with Crippen LogP contribution in [0.5, 0.6) is 0 Å². The summed E-state index contributed by atoms with van der Waals surface area (Å²) in [6, 6.07) is 0. The fourth-order valence-electron chi connectivity index (χ4n) is 1.01. The van der Waals surface area contributed by atoms with Crippen molar-refractivity contribution in [2.75, 3.05) is 0 Å². The summed E-state index contributed by atoms with van der Waals surface area (Å²) in [7, 11) is 0. The average Bonchev–Trinajstić information content (AvgIpc) is 2.13. The topological polar surface area (TPSA) is 57.2 Å². The second-order valence-corrected chi connectivity index (χ2v) is 2.39. The lowest BCUT2D eigenvalue weighted by Crippen LogP contribution is -2.29. The highest BCUT2D eigenvalue weighted by atomic mass is 19.1. The molecule has 0 unspecified atom stereocenters. The van der Waals surface area contributed by atoms with Crippen molar-refractivity contribution in [2.24, 2.45) is 5.92 Å². The van der Waals surface area contributed by atoms with Crippen LogP contribution in [-0.4, -0.2) is 17.9 Å². The summed E-state index contributed by atoms with van der Waals surface area (Å²) in [5, 5.41) is 10.1. The number of aliphatic carboxylic acids is 1. The number of ketones is 1. The lowest BCUT2D eigenvalue weighted by atomic mass is 10.1. The van der Waals surface area contributed by atoms with E-state index in [1.165, 1.54) is 0 Å². The highest BCUT2D eigenvalue weighted by molar-refractivity contribution is 5.90. The molecule has 0 aliphatic heterocycles. The van der Waals surface area contributed by atoms with E-state index in [0.717, 1.165) is 0 Å². The van der Waals surface area contributed by atoms with Crippen LogP contribution in [0.1, 0.15) is 12.8 Å². The van der Waals surface area contributed by atoms with Crippen LogP contribution >= 0.6 is 0 Å². The van der Waals surface area contributed by atoms with E-state index in [-0.39, 0.29) is 12.8 Å². The Balaban J connectivity index is 2.57. The van der Waals surface area contributed by atoms with Crippen molar-refractivity contribution in [3.8, 4) is 0 Å². The van der Waals surface area contributed by atoms with Crippen molar-refractivity contribution in [1.29, 1.82) is 0 Å². The summed E-state index contributed by atoms with van der Waals surface area (Å²) in [5.41, 5.74) is 0. The van der Waals surface area contributed by atoms with E-state index in [1.54, 1.807) is 0 Å². The predicted molar refractivity (Wildman–Crippen MR) is 27.6 cm³/mol. The lowest BCUT2D eigenvalue weighted by Gasteiger charge is -2.06. The van der Waals surface area contributed by atoms with Crippen molar-refractivity contribution in [3.05, 3.63) is 0 Å². The number of alkyl halides is 1. The Labute approximate surface area is 56.8 Å². The number of rotatable bonds is 1. The van der Waals surface area contributed by atoms with Gasteiger partial charge in [-0.05, 0) is 6.42 Å². The monoisotopic (exact) mass is 145 g/mol. The van der Waals surface area contributed by atoms with E-state index in [2.05, 4.69) is 0 Å². The minimum atomic E-state index is -1.58. The van der Waals surface area contributed by atoms with Gasteiger partial charge >= 0.3 is 0 Å². The van der Waals surface area contributed by atoms with Gasteiger partial charge in [-0.1, -0.05) is 0 Å². The highest BCUT2D eigenvalue weighted by Gasteiger charge is 2.32. The highest BCUT2D eigenvalue weighted by Crippen LogP contribution is 2.23. The molecule has 0 bridgehead atoms. The van der Waals surface area contributed by atoms with Gasteiger partial charge in [0.05, 0.1) is 0 Å². The zero-order valence-corrected chi connectivity index (χ0v) is 5.17. The molecule has 0 saturated heterocycles. The molecule has 0 radical (unpaired) electrons. The molecule has 1 rings (SSSR count). The molecule has 0 aromatic heterocycles. The third-order valence-corrected chi connectivity index (χ3v) is 1.62. The normalized spacial score (nSPS) is 32.7. The van der Waals surface area contributed by atoms with Gasteiger partial charge in [-0.25, -0.2) is 4.39 Å². The smallest absolute Gasteiger partial charge is 0.167 e. The number of carboxylic acid groups (broad SMARTS) is 1. The predicted octanol–water partition coefficient (Wildman–Crippen LogP) is -0.946. The maximum Gasteiger partial charge on any atom is 0.167 e. The summed E-state index contributed by atoms with van der Waals surface area (Å²) in [6.07, 6.45) is -1.99. The molecule has 2 atom stereocenters. The summed E-state index contributed by atoms with van der Waals surface area (Å²) in [4.78, 5) is 20.5. The second-order valence-electron chi connectivity index (χ2n) is 2.39. The maximum atomic E-state index is 12.3. The molecule has 0 N–H and O–H groups in total. The van der Waals surface area contributed by atoms with Crippen molar-refractivity contribution in [2.45, 2.75) is 19.0 Å². The van der Waals surface area contributed by atoms with Gasteiger partial charge in [-0.2, -0.15) is 0 Å². The van der Waals surface area contributed by atoms with Crippen molar-refractivity contribution in [1.82, 2.24) is 0 Å². The molecule has 1 aliphatic rings. The molecule has 56 valence electrons. The first-order chi connectivity index (χ1) is 4.61. The van der Waals surface area contributed by atoms with E-state index in [4.69, 9.17) is 0 Å². The van der Waals surface area contributed by atoms with Crippen LogP contribution in [0.2, 0.25) is 0 Å². The van der Waals surface area contributed by atoms with Gasteiger partial charge in [0.1, 0.15) is 0 Å². The van der Waals surface area contributed by atoms with Crippen LogP contribution in [0.3, 0.4) is 0 Å². The SMILES string of the molecule is O=C([O-])[C@@H]1CC(=O)[C@@H](F)C1. The first kappa shape index (κ1) is 7.18. The maximum absolute atomic E-state index is 12.3. The molecule has 0 aromatic rings. The molecule has 3 nitrogen and oxygen atoms in total. The van der Waals surface area contributed by atoms with Crippen molar-refractivity contribution < 1.29 is 19.1 Å². The number of Topliss-reactive ketones (excluding diaryl/α,β-unsaturated/α-hetero) is 1. The van der Waals surface area contributed by atoms with Gasteiger partial charge in [0, 0.05) is 18.3 Å². The largest absolute Gasteiger partial charge is 0.550 e. The Kier molecular flexibility index (Phi) is 1.70. The number of hydrogen-bond acceptors (Lipinski definition) is 3. The van der Waals surface area contributed by atoms with E-state index in [1.807, 2.05) is 0 Å². The first-order valence-corrected chi connectivity index (χ1v) is 2.99. The molecule has 10 heavy (non-hydrogen) atoms. The second kappa shape index (κ2) is 2.36. The molecule has 1 saturated carbocycles. The Bertz CT molecular complexity index is 178. The number of hydrogen-bond donors (Lipinski definition) is 0. The van der Waals surface area contributed by atoms with Crippen LogP contribution < -0.4 is 5.11 Å². The van der Waals surface area contributed by atoms with Crippen LogP contribution in [0.15, 0.2) is 0 Å². The molecule has 0 spiro atoms. The Morgan fingerprint density at radius 3 is 2.50 bits per heavy atom. The third kappa shape index (κ3) is 1.15. The van der Waals surface area contributed by atoms with Crippen LogP contribution in [-0.2, 0) is 9.59 Å². The molecule has 0 heterocycles. The Hall–Kier alpha value is -0.930. The molecular weight excluding hydrogens is 139 g/mol. The molecule has 4 heteroatoms. The van der Waals surface area contributed by atoms with Gasteiger partial charge in [-0.15, -0.1) is 0 Å². The number of carboxylic acids is 1. The number of carbonyl (C=O) groups is 2. The molecule has 1 aliphatic carbocycles. The van der Waals surface area contributed by atoms with Crippen LogP contribution in [0.25, 0.3) is 0 Å². The van der Waals surface area contributed by atoms with Gasteiger partial charge in [0.15, 0.2) is 12.0 Å². The van der Waals surface area contributed by atoms with Gasteiger partial charge < -0.3 is 9.90 Å². The average molecular weight is 145 g/mol. The standard InChI is InChI=1S/C6H7FO3/c7-4-1-3(6(9)10)2-5(4)8/h3-4H,1-2H2,(H,9,10)/p-1/t3-,4-/m0/s1. The van der Waals surface area contributed by atoms with Crippen LogP contribution in [0.4, 0.5) is 4.39 Å². The van der Waals surface area contributed by atoms with E-state index in [0.29, 0.717) is 0 Å². The minimum absolute atomic E-state index is 0.205. The van der Waals surface area contributed by atoms with Gasteiger partial charge in [-0.3, -0.25) is 4.79 Å². The summed E-state index contributed by atoms with van der Waals surface area (Å²) in [6.45, 7) is 0. The summed E-state index contributed by atoms with van der Waals surface area (Å²) < 4.78 is 12.3. The van der Waals surface area contributed by atoms with Crippen LogP contribution in [0, 0.1) is 5.92 Å². The summed E-state index contributed by atoms with van der Waals surface area (Å²) in [5.74, 6) is -2.84. The molecule has 0 amide bonds. The lowest BCUT2D eigenvalue weighted by molar-refractivity contribution is -0.311. The van der Waals surface area contributed by atoms with E-state index >= 15 is 0 Å². The van der Waals surface area contributed by atoms with Crippen molar-refractivity contribution >= 4 is 11.8 Å². The summed E-state index contributed by atoms with van der Waals surface area (Å²) >= 11 is 0. The van der Waals surface area contributed by atoms with Crippen molar-refractivity contribution in [3.63, 3.8) is 0 Å². The van der Waals surface area contributed by atoms with E-state index < -0.39 is 23.8 Å². The number of halogens is 1. The zero-order chi connectivity index (χ0) is 7.72. The first-order valence-electron chi connectivity index (χ1n) is 2.99. The number of carbonyl (C=O) groups excluding carboxylic acids is 2. The Morgan fingerprint density at radius 1 is 1.70 bits per heavy atom. The zero-order valence-electron chi connectivity index (χ0n) is 5.17. The Morgan fingerprint density at radius 2 is 2.30 bits per heavy atom. The quantitative estimate of drug-likeness (QED) is 0.478. The molecule has 0 aromatic carbocycles. The molecule has 1 fully saturated rings. The fourth-order valence-corrected chi connectivity index (χ4v) is 1.01. The van der Waals surface area contributed by atoms with E-state index in [9.17, 15) is 19.1 Å². The third-order valence-electron chi connectivity index (χ3n) is 1.62. The minimum Gasteiger partial charge on any atom is -0.550 e. The van der Waals surface area contributed by atoms with Gasteiger partial charge in [0.2, 0.25) is 0 Å². The fraction of sp³-hybridized carbons (Fsp3) is 0.667. The van der Waals surface area contributed by atoms with Gasteiger partial charge in [0.25, 0.3) is 0 Å².